The summed E-state index contributed by atoms with van der Waals surface area (Å²) in [4.78, 5) is 18.6. The third-order valence-electron chi connectivity index (χ3n) is 4.34. The fraction of sp³-hybridized carbons (Fsp3) is 0.273. The van der Waals surface area contributed by atoms with Gasteiger partial charge in [-0.3, -0.25) is 4.79 Å². The minimum atomic E-state index is -0.0304. The van der Waals surface area contributed by atoms with E-state index in [4.69, 9.17) is 16.0 Å². The van der Waals surface area contributed by atoms with Crippen molar-refractivity contribution in [1.29, 1.82) is 0 Å². The van der Waals surface area contributed by atoms with E-state index in [2.05, 4.69) is 21.3 Å². The van der Waals surface area contributed by atoms with Crippen LogP contribution in [0.3, 0.4) is 0 Å². The first-order valence-electron chi connectivity index (χ1n) is 9.20. The van der Waals surface area contributed by atoms with E-state index < -0.39 is 0 Å². The average molecular weight is 398 g/mol. The number of nitrogens with one attached hydrogen (secondary N) is 1. The molecule has 28 heavy (non-hydrogen) atoms. The Balaban J connectivity index is 1.52. The second-order valence-electron chi connectivity index (χ2n) is 6.88. The van der Waals surface area contributed by atoms with Gasteiger partial charge in [-0.05, 0) is 37.4 Å². The van der Waals surface area contributed by atoms with Gasteiger partial charge < -0.3 is 14.6 Å². The van der Waals surface area contributed by atoms with Gasteiger partial charge in [0, 0.05) is 31.5 Å². The van der Waals surface area contributed by atoms with Gasteiger partial charge >= 0.3 is 0 Å². The number of benzene rings is 2. The van der Waals surface area contributed by atoms with Crippen molar-refractivity contribution in [2.75, 3.05) is 14.1 Å². The van der Waals surface area contributed by atoms with Crippen molar-refractivity contribution >= 4 is 17.5 Å². The highest BCUT2D eigenvalue weighted by Crippen LogP contribution is 2.28. The monoisotopic (exact) mass is 397 g/mol. The standard InChI is InChI=1S/C22H24ClN3O2/c1-26(2)15-17-8-4-3-7-16(17)13-24-21(27)11-12-22-25-14-20(28-22)18-9-5-6-10-19(18)23/h3-10,14H,11-13,15H2,1-2H3,(H,24,27). The van der Waals surface area contributed by atoms with Gasteiger partial charge in [0.2, 0.25) is 5.91 Å². The molecule has 0 aliphatic rings. The first kappa shape index (κ1) is 20.1. The molecule has 0 fully saturated rings. The van der Waals surface area contributed by atoms with Crippen molar-refractivity contribution in [3.8, 4) is 11.3 Å². The Morgan fingerprint density at radius 1 is 1.11 bits per heavy atom. The van der Waals surface area contributed by atoms with Crippen LogP contribution in [0.15, 0.2) is 59.1 Å². The smallest absolute Gasteiger partial charge is 0.220 e. The van der Waals surface area contributed by atoms with Crippen LogP contribution in [0.5, 0.6) is 0 Å². The lowest BCUT2D eigenvalue weighted by Gasteiger charge is -2.14. The molecule has 146 valence electrons. The molecular formula is C22H24ClN3O2. The number of hydrogen-bond donors (Lipinski definition) is 1. The summed E-state index contributed by atoms with van der Waals surface area (Å²) in [6, 6.07) is 15.6. The highest BCUT2D eigenvalue weighted by molar-refractivity contribution is 6.33. The molecule has 0 saturated carbocycles. The zero-order chi connectivity index (χ0) is 19.9. The summed E-state index contributed by atoms with van der Waals surface area (Å²) in [6.45, 7) is 1.35. The molecule has 3 rings (SSSR count). The normalized spacial score (nSPS) is 11.0. The van der Waals surface area contributed by atoms with Gasteiger partial charge in [0.05, 0.1) is 11.2 Å². The molecule has 2 aromatic carbocycles. The summed E-state index contributed by atoms with van der Waals surface area (Å²) in [5.41, 5.74) is 3.14. The number of oxazole rings is 1. The molecule has 6 heteroatoms. The van der Waals surface area contributed by atoms with Gasteiger partial charge in [0.25, 0.3) is 0 Å². The molecular weight excluding hydrogens is 374 g/mol. The van der Waals surface area contributed by atoms with E-state index in [0.29, 0.717) is 36.1 Å². The Bertz CT molecular complexity index is 937. The van der Waals surface area contributed by atoms with Gasteiger partial charge in [0.1, 0.15) is 0 Å². The second-order valence-corrected chi connectivity index (χ2v) is 7.29. The lowest BCUT2D eigenvalue weighted by atomic mass is 10.1. The van der Waals surface area contributed by atoms with E-state index in [9.17, 15) is 4.79 Å². The number of carbonyl (C=O) groups excluding carboxylic acids is 1. The summed E-state index contributed by atoms with van der Waals surface area (Å²) >= 11 is 6.18. The minimum absolute atomic E-state index is 0.0304. The number of carbonyl (C=O) groups is 1. The summed E-state index contributed by atoms with van der Waals surface area (Å²) < 4.78 is 5.75. The number of aromatic nitrogens is 1. The van der Waals surface area contributed by atoms with E-state index in [1.165, 1.54) is 5.56 Å². The zero-order valence-electron chi connectivity index (χ0n) is 16.1. The van der Waals surface area contributed by atoms with Crippen LogP contribution in [-0.4, -0.2) is 29.9 Å². The fourth-order valence-corrected chi connectivity index (χ4v) is 3.17. The first-order valence-corrected chi connectivity index (χ1v) is 9.58. The predicted octanol–water partition coefficient (Wildman–Crippen LogP) is 4.31. The lowest BCUT2D eigenvalue weighted by Crippen LogP contribution is -2.24. The van der Waals surface area contributed by atoms with Crippen LogP contribution < -0.4 is 5.32 Å². The molecule has 0 saturated heterocycles. The molecule has 0 atom stereocenters. The van der Waals surface area contributed by atoms with Crippen molar-refractivity contribution < 1.29 is 9.21 Å². The maximum atomic E-state index is 12.2. The van der Waals surface area contributed by atoms with Crippen molar-refractivity contribution in [3.63, 3.8) is 0 Å². The molecule has 3 aromatic rings. The quantitative estimate of drug-likeness (QED) is 0.615. The molecule has 5 nitrogen and oxygen atoms in total. The Morgan fingerprint density at radius 2 is 1.82 bits per heavy atom. The van der Waals surface area contributed by atoms with E-state index in [1.54, 1.807) is 12.3 Å². The van der Waals surface area contributed by atoms with Crippen molar-refractivity contribution in [2.45, 2.75) is 25.9 Å². The molecule has 1 amide bonds. The summed E-state index contributed by atoms with van der Waals surface area (Å²) in [7, 11) is 4.06. The molecule has 0 aliphatic heterocycles. The molecule has 0 spiro atoms. The van der Waals surface area contributed by atoms with Gasteiger partial charge in [-0.15, -0.1) is 0 Å². The number of nitrogens with zero attached hydrogens (tertiary/aromatic N) is 2. The van der Waals surface area contributed by atoms with Crippen molar-refractivity contribution in [2.24, 2.45) is 0 Å². The van der Waals surface area contributed by atoms with Crippen LogP contribution in [0, 0.1) is 0 Å². The highest BCUT2D eigenvalue weighted by atomic mass is 35.5. The van der Waals surface area contributed by atoms with Crippen LogP contribution in [0.1, 0.15) is 23.4 Å². The maximum absolute atomic E-state index is 12.2. The third kappa shape index (κ3) is 5.44. The van der Waals surface area contributed by atoms with Gasteiger partial charge in [-0.2, -0.15) is 0 Å². The first-order chi connectivity index (χ1) is 13.5. The zero-order valence-corrected chi connectivity index (χ0v) is 16.9. The number of halogens is 1. The number of aryl methyl sites for hydroxylation is 1. The highest BCUT2D eigenvalue weighted by Gasteiger charge is 2.11. The van der Waals surface area contributed by atoms with Crippen LogP contribution in [0.25, 0.3) is 11.3 Å². The van der Waals surface area contributed by atoms with Crippen LogP contribution >= 0.6 is 11.6 Å². The molecule has 1 N–H and O–H groups in total. The van der Waals surface area contributed by atoms with E-state index >= 15 is 0 Å². The Morgan fingerprint density at radius 3 is 2.57 bits per heavy atom. The summed E-state index contributed by atoms with van der Waals surface area (Å²) in [6.07, 6.45) is 2.40. The minimum Gasteiger partial charge on any atom is -0.441 e. The number of rotatable bonds is 8. The van der Waals surface area contributed by atoms with Gasteiger partial charge in [0.15, 0.2) is 11.7 Å². The molecule has 0 unspecified atom stereocenters. The van der Waals surface area contributed by atoms with Gasteiger partial charge in [-0.25, -0.2) is 4.98 Å². The molecule has 0 radical (unpaired) electrons. The van der Waals surface area contributed by atoms with E-state index in [-0.39, 0.29) is 5.91 Å². The Labute approximate surface area is 170 Å². The van der Waals surface area contributed by atoms with Crippen LogP contribution in [0.2, 0.25) is 5.02 Å². The SMILES string of the molecule is CN(C)Cc1ccccc1CNC(=O)CCc1ncc(-c2ccccc2Cl)o1. The fourth-order valence-electron chi connectivity index (χ4n) is 2.94. The predicted molar refractivity (Wildman–Crippen MR) is 111 cm³/mol. The maximum Gasteiger partial charge on any atom is 0.220 e. The molecule has 0 aliphatic carbocycles. The Kier molecular flexibility index (Phi) is 6.85. The lowest BCUT2D eigenvalue weighted by molar-refractivity contribution is -0.121. The molecule has 0 bridgehead atoms. The average Bonchev–Trinajstić information content (AvgIpc) is 3.14. The van der Waals surface area contributed by atoms with E-state index in [0.717, 1.165) is 17.7 Å². The summed E-state index contributed by atoms with van der Waals surface area (Å²) in [5, 5.41) is 3.59. The largest absolute Gasteiger partial charge is 0.441 e. The van der Waals surface area contributed by atoms with Crippen molar-refractivity contribution in [1.82, 2.24) is 15.2 Å². The topological polar surface area (TPSA) is 58.4 Å². The van der Waals surface area contributed by atoms with Crippen molar-refractivity contribution in [3.05, 3.63) is 76.8 Å². The Hall–Kier alpha value is -2.63. The number of hydrogen-bond acceptors (Lipinski definition) is 4. The van der Waals surface area contributed by atoms with Crippen LogP contribution in [-0.2, 0) is 24.3 Å². The second kappa shape index (κ2) is 9.53. The van der Waals surface area contributed by atoms with Crippen LogP contribution in [0.4, 0.5) is 0 Å². The van der Waals surface area contributed by atoms with Gasteiger partial charge in [-0.1, -0.05) is 48.0 Å². The molecule has 1 heterocycles. The number of amides is 1. The summed E-state index contributed by atoms with van der Waals surface area (Å²) in [5.74, 6) is 1.11. The van der Waals surface area contributed by atoms with E-state index in [1.807, 2.05) is 50.5 Å². The third-order valence-corrected chi connectivity index (χ3v) is 4.67. The molecule has 1 aromatic heterocycles.